The smallest absolute Gasteiger partial charge is 0.326 e. The lowest BCUT2D eigenvalue weighted by atomic mass is 10.1. The number of hydrogen-bond acceptors (Lipinski definition) is 2. The molecule has 98 valence electrons. The van der Waals surface area contributed by atoms with E-state index in [1.807, 2.05) is 0 Å². The first-order valence-corrected chi connectivity index (χ1v) is 4.96. The number of anilines is 2. The van der Waals surface area contributed by atoms with Crippen LogP contribution in [-0.2, 0) is 15.8 Å². The predicted octanol–water partition coefficient (Wildman–Crippen LogP) is 2.62. The Labute approximate surface area is 101 Å². The van der Waals surface area contributed by atoms with Crippen LogP contribution >= 0.6 is 0 Å². The van der Waals surface area contributed by atoms with E-state index < -0.39 is 23.6 Å². The van der Waals surface area contributed by atoms with Gasteiger partial charge in [0.05, 0.1) is 11.3 Å². The number of carbonyl (C=O) groups is 2. The maximum atomic E-state index is 12.7. The van der Waals surface area contributed by atoms with Crippen molar-refractivity contribution in [2.75, 3.05) is 10.6 Å². The van der Waals surface area contributed by atoms with Gasteiger partial charge in [0.1, 0.15) is 0 Å². The minimum absolute atomic E-state index is 0.180. The molecule has 0 aliphatic rings. The summed E-state index contributed by atoms with van der Waals surface area (Å²) in [6.45, 7) is 2.33. The van der Waals surface area contributed by atoms with Crippen molar-refractivity contribution in [1.29, 1.82) is 0 Å². The lowest BCUT2D eigenvalue weighted by molar-refractivity contribution is -0.137. The molecule has 7 heteroatoms. The Hall–Kier alpha value is -2.05. The highest BCUT2D eigenvalue weighted by atomic mass is 19.4. The van der Waals surface area contributed by atoms with Gasteiger partial charge >= 0.3 is 6.18 Å². The maximum absolute atomic E-state index is 12.7. The van der Waals surface area contributed by atoms with Crippen LogP contribution < -0.4 is 10.6 Å². The molecule has 2 N–H and O–H groups in total. The summed E-state index contributed by atoms with van der Waals surface area (Å²) >= 11 is 0. The van der Waals surface area contributed by atoms with Gasteiger partial charge in [-0.05, 0) is 18.2 Å². The lowest BCUT2D eigenvalue weighted by Gasteiger charge is -2.14. The Balaban J connectivity index is 3.20. The van der Waals surface area contributed by atoms with Crippen LogP contribution in [0.1, 0.15) is 19.4 Å². The fraction of sp³-hybridized carbons (Fsp3) is 0.273. The van der Waals surface area contributed by atoms with E-state index >= 15 is 0 Å². The van der Waals surface area contributed by atoms with Crippen molar-refractivity contribution >= 4 is 23.2 Å². The van der Waals surface area contributed by atoms with Crippen molar-refractivity contribution < 1.29 is 22.8 Å². The molecule has 0 bridgehead atoms. The zero-order valence-electron chi connectivity index (χ0n) is 9.68. The van der Waals surface area contributed by atoms with Crippen LogP contribution in [0.2, 0.25) is 0 Å². The van der Waals surface area contributed by atoms with Gasteiger partial charge in [-0.25, -0.2) is 0 Å². The van der Waals surface area contributed by atoms with Crippen molar-refractivity contribution in [3.8, 4) is 0 Å². The van der Waals surface area contributed by atoms with Gasteiger partial charge in [0, 0.05) is 19.5 Å². The Morgan fingerprint density at radius 2 is 1.61 bits per heavy atom. The largest absolute Gasteiger partial charge is 0.418 e. The third-order valence-electron chi connectivity index (χ3n) is 1.96. The summed E-state index contributed by atoms with van der Waals surface area (Å²) in [4.78, 5) is 21.7. The molecule has 0 radical (unpaired) electrons. The van der Waals surface area contributed by atoms with Crippen LogP contribution in [0.25, 0.3) is 0 Å². The zero-order chi connectivity index (χ0) is 13.9. The number of halogens is 3. The van der Waals surface area contributed by atoms with Crippen LogP contribution in [0.3, 0.4) is 0 Å². The second kappa shape index (κ2) is 5.07. The highest BCUT2D eigenvalue weighted by Gasteiger charge is 2.33. The predicted molar refractivity (Wildman–Crippen MR) is 60.1 cm³/mol. The molecule has 0 aromatic heterocycles. The van der Waals surface area contributed by atoms with Crippen molar-refractivity contribution in [2.45, 2.75) is 20.0 Å². The molecular weight excluding hydrogens is 249 g/mol. The Morgan fingerprint density at radius 1 is 1.06 bits per heavy atom. The van der Waals surface area contributed by atoms with Crippen LogP contribution in [0, 0.1) is 0 Å². The van der Waals surface area contributed by atoms with E-state index in [0.717, 1.165) is 25.1 Å². The molecule has 2 amide bonds. The van der Waals surface area contributed by atoms with Gasteiger partial charge in [0.2, 0.25) is 11.8 Å². The fourth-order valence-corrected chi connectivity index (χ4v) is 1.37. The number of benzene rings is 1. The molecule has 0 aliphatic carbocycles. The van der Waals surface area contributed by atoms with Crippen LogP contribution in [-0.4, -0.2) is 11.8 Å². The Morgan fingerprint density at radius 3 is 2.06 bits per heavy atom. The van der Waals surface area contributed by atoms with Crippen molar-refractivity contribution in [1.82, 2.24) is 0 Å². The molecule has 1 aromatic rings. The lowest BCUT2D eigenvalue weighted by Crippen LogP contribution is -2.15. The number of amides is 2. The number of nitrogens with one attached hydrogen (secondary N) is 2. The molecule has 0 saturated carbocycles. The SMILES string of the molecule is CC(=O)Nc1ccc(C(F)(F)F)c(NC(C)=O)c1. The van der Waals surface area contributed by atoms with Crippen LogP contribution in [0.4, 0.5) is 24.5 Å². The highest BCUT2D eigenvalue weighted by Crippen LogP contribution is 2.36. The third kappa shape index (κ3) is 3.76. The maximum Gasteiger partial charge on any atom is 0.418 e. The monoisotopic (exact) mass is 260 g/mol. The standard InChI is InChI=1S/C11H11F3N2O2/c1-6(17)15-8-3-4-9(11(12,13)14)10(5-8)16-7(2)18/h3-5H,1-2H3,(H,15,17)(H,16,18). The minimum atomic E-state index is -4.58. The van der Waals surface area contributed by atoms with Gasteiger partial charge in [0.15, 0.2) is 0 Å². The van der Waals surface area contributed by atoms with Gasteiger partial charge in [-0.15, -0.1) is 0 Å². The molecule has 1 aromatic carbocycles. The zero-order valence-corrected chi connectivity index (χ0v) is 9.68. The topological polar surface area (TPSA) is 58.2 Å². The molecule has 4 nitrogen and oxygen atoms in total. The molecule has 0 heterocycles. The summed E-state index contributed by atoms with van der Waals surface area (Å²) in [7, 11) is 0. The van der Waals surface area contributed by atoms with E-state index in [4.69, 9.17) is 0 Å². The third-order valence-corrected chi connectivity index (χ3v) is 1.96. The summed E-state index contributed by atoms with van der Waals surface area (Å²) in [5.41, 5.74) is -1.17. The van der Waals surface area contributed by atoms with Gasteiger partial charge in [-0.2, -0.15) is 13.2 Å². The first kappa shape index (κ1) is 14.0. The first-order chi connectivity index (χ1) is 8.20. The van der Waals surface area contributed by atoms with Gasteiger partial charge in [-0.3, -0.25) is 9.59 Å². The van der Waals surface area contributed by atoms with Crippen LogP contribution in [0.15, 0.2) is 18.2 Å². The van der Waals surface area contributed by atoms with Gasteiger partial charge in [0.25, 0.3) is 0 Å². The average Bonchev–Trinajstić information content (AvgIpc) is 2.13. The van der Waals surface area contributed by atoms with E-state index in [2.05, 4.69) is 10.6 Å². The van der Waals surface area contributed by atoms with Gasteiger partial charge in [-0.1, -0.05) is 0 Å². The normalized spacial score (nSPS) is 10.9. The quantitative estimate of drug-likeness (QED) is 0.858. The van der Waals surface area contributed by atoms with Crippen LogP contribution in [0.5, 0.6) is 0 Å². The summed E-state index contributed by atoms with van der Waals surface area (Å²) in [6, 6.07) is 2.98. The van der Waals surface area contributed by atoms with E-state index in [1.54, 1.807) is 0 Å². The molecule has 0 aliphatic heterocycles. The van der Waals surface area contributed by atoms with E-state index in [0.29, 0.717) is 0 Å². The van der Waals surface area contributed by atoms with Crippen molar-refractivity contribution in [2.24, 2.45) is 0 Å². The number of alkyl halides is 3. The molecular formula is C11H11F3N2O2. The first-order valence-electron chi connectivity index (χ1n) is 4.96. The summed E-state index contributed by atoms with van der Waals surface area (Å²) in [6.07, 6.45) is -4.58. The Bertz CT molecular complexity index is 484. The Kier molecular flexibility index (Phi) is 3.95. The second-order valence-corrected chi connectivity index (χ2v) is 3.62. The second-order valence-electron chi connectivity index (χ2n) is 3.62. The molecule has 0 fully saturated rings. The minimum Gasteiger partial charge on any atom is -0.326 e. The highest BCUT2D eigenvalue weighted by molar-refractivity contribution is 5.93. The summed E-state index contributed by atoms with van der Waals surface area (Å²) in [5.74, 6) is -1.04. The number of rotatable bonds is 2. The van der Waals surface area contributed by atoms with Crippen molar-refractivity contribution in [3.05, 3.63) is 23.8 Å². The molecule has 0 atom stereocenters. The number of carbonyl (C=O) groups excluding carboxylic acids is 2. The molecule has 0 unspecified atom stereocenters. The molecule has 1 rings (SSSR count). The number of hydrogen-bond donors (Lipinski definition) is 2. The van der Waals surface area contributed by atoms with E-state index in [-0.39, 0.29) is 11.4 Å². The molecule has 0 saturated heterocycles. The summed E-state index contributed by atoms with van der Waals surface area (Å²) < 4.78 is 38.0. The van der Waals surface area contributed by atoms with E-state index in [1.165, 1.54) is 6.92 Å². The summed E-state index contributed by atoms with van der Waals surface area (Å²) in [5, 5.41) is 4.42. The fourth-order valence-electron chi connectivity index (χ4n) is 1.37. The molecule has 18 heavy (non-hydrogen) atoms. The average molecular weight is 260 g/mol. The van der Waals surface area contributed by atoms with Crippen molar-refractivity contribution in [3.63, 3.8) is 0 Å². The van der Waals surface area contributed by atoms with Gasteiger partial charge < -0.3 is 10.6 Å². The molecule has 0 spiro atoms. The van der Waals surface area contributed by atoms with E-state index in [9.17, 15) is 22.8 Å².